The predicted octanol–water partition coefficient (Wildman–Crippen LogP) is 4.87. The first kappa shape index (κ1) is 23.0. The average Bonchev–Trinajstić information content (AvgIpc) is 2.77. The van der Waals surface area contributed by atoms with Gasteiger partial charge in [0.1, 0.15) is 11.9 Å². The van der Waals surface area contributed by atoms with E-state index in [9.17, 15) is 27.2 Å². The summed E-state index contributed by atoms with van der Waals surface area (Å²) in [5.74, 6) is -1.67. The Labute approximate surface area is 182 Å². The zero-order valence-corrected chi connectivity index (χ0v) is 17.0. The van der Waals surface area contributed by atoms with Crippen LogP contribution in [-0.4, -0.2) is 17.9 Å². The summed E-state index contributed by atoms with van der Waals surface area (Å²) < 4.78 is 52.6. The van der Waals surface area contributed by atoms with Crippen LogP contribution in [0.1, 0.15) is 40.0 Å². The van der Waals surface area contributed by atoms with Crippen LogP contribution in [0.2, 0.25) is 0 Å². The molecule has 166 valence electrons. The number of alkyl halides is 3. The molecule has 1 unspecified atom stereocenters. The maximum absolute atomic E-state index is 13.2. The van der Waals surface area contributed by atoms with Gasteiger partial charge in [0.15, 0.2) is 0 Å². The summed E-state index contributed by atoms with van der Waals surface area (Å²) in [6.45, 7) is 1.45. The second-order valence-corrected chi connectivity index (χ2v) is 7.18. The topological polar surface area (TPSA) is 58.2 Å². The van der Waals surface area contributed by atoms with E-state index in [0.29, 0.717) is 5.56 Å². The molecule has 0 aliphatic rings. The van der Waals surface area contributed by atoms with Crippen LogP contribution in [0.25, 0.3) is 0 Å². The van der Waals surface area contributed by atoms with Gasteiger partial charge in [-0.3, -0.25) is 9.59 Å². The summed E-state index contributed by atoms with van der Waals surface area (Å²) in [5, 5.41) is 5.22. The van der Waals surface area contributed by atoms with Crippen LogP contribution in [-0.2, 0) is 11.0 Å². The third kappa shape index (κ3) is 5.72. The first-order chi connectivity index (χ1) is 15.1. The van der Waals surface area contributed by atoms with E-state index < -0.39 is 41.5 Å². The smallest absolute Gasteiger partial charge is 0.343 e. The molecule has 3 aromatic carbocycles. The van der Waals surface area contributed by atoms with Crippen molar-refractivity contribution < 1.29 is 27.2 Å². The fourth-order valence-corrected chi connectivity index (χ4v) is 3.11. The molecule has 2 atom stereocenters. The molecule has 3 aromatic rings. The number of carbonyl (C=O) groups is 2. The van der Waals surface area contributed by atoms with Gasteiger partial charge in [0, 0.05) is 5.56 Å². The molecule has 2 N–H and O–H groups in total. The zero-order valence-electron chi connectivity index (χ0n) is 17.0. The number of hydrogen-bond acceptors (Lipinski definition) is 2. The SMILES string of the molecule is CC(NC(=O)c1ccc(F)cc1)C(=O)N[C@@H](c1ccccc1)c1cccc(C(F)(F)F)c1. The third-order valence-electron chi connectivity index (χ3n) is 4.81. The summed E-state index contributed by atoms with van der Waals surface area (Å²) in [6.07, 6.45) is -4.53. The lowest BCUT2D eigenvalue weighted by Crippen LogP contribution is -2.46. The summed E-state index contributed by atoms with van der Waals surface area (Å²) in [5.41, 5.74) is 0.167. The van der Waals surface area contributed by atoms with E-state index in [1.165, 1.54) is 31.2 Å². The highest BCUT2D eigenvalue weighted by Crippen LogP contribution is 2.32. The van der Waals surface area contributed by atoms with E-state index in [-0.39, 0.29) is 11.1 Å². The molecule has 0 aliphatic heterocycles. The van der Waals surface area contributed by atoms with Gasteiger partial charge in [-0.25, -0.2) is 4.39 Å². The van der Waals surface area contributed by atoms with E-state index in [0.717, 1.165) is 24.3 Å². The molecule has 0 aliphatic carbocycles. The van der Waals surface area contributed by atoms with Crippen LogP contribution in [0.15, 0.2) is 78.9 Å². The minimum atomic E-state index is -4.53. The molecule has 0 heterocycles. The molecule has 3 rings (SSSR count). The number of rotatable bonds is 6. The summed E-state index contributed by atoms with van der Waals surface area (Å²) in [6, 6.07) is 16.2. The lowest BCUT2D eigenvalue weighted by atomic mass is 9.96. The van der Waals surface area contributed by atoms with Crippen LogP contribution < -0.4 is 10.6 Å². The van der Waals surface area contributed by atoms with Crippen LogP contribution in [0, 0.1) is 5.82 Å². The average molecular weight is 444 g/mol. The maximum atomic E-state index is 13.2. The second-order valence-electron chi connectivity index (χ2n) is 7.18. The van der Waals surface area contributed by atoms with Gasteiger partial charge >= 0.3 is 6.18 Å². The van der Waals surface area contributed by atoms with Crippen molar-refractivity contribution in [2.45, 2.75) is 25.2 Å². The molecule has 0 radical (unpaired) electrons. The molecule has 8 heteroatoms. The number of halogens is 4. The molecule has 0 spiro atoms. The van der Waals surface area contributed by atoms with E-state index in [2.05, 4.69) is 10.6 Å². The van der Waals surface area contributed by atoms with Gasteiger partial charge in [0.25, 0.3) is 5.91 Å². The Morgan fingerprint density at radius 2 is 1.44 bits per heavy atom. The Balaban J connectivity index is 1.81. The lowest BCUT2D eigenvalue weighted by molar-refractivity contribution is -0.137. The normalized spacial score (nSPS) is 13.2. The number of benzene rings is 3. The van der Waals surface area contributed by atoms with Crippen LogP contribution in [0.5, 0.6) is 0 Å². The van der Waals surface area contributed by atoms with Crippen LogP contribution >= 0.6 is 0 Å². The highest BCUT2D eigenvalue weighted by Gasteiger charge is 2.31. The fraction of sp³-hybridized carbons (Fsp3) is 0.167. The molecule has 32 heavy (non-hydrogen) atoms. The van der Waals surface area contributed by atoms with E-state index in [1.54, 1.807) is 30.3 Å². The summed E-state index contributed by atoms with van der Waals surface area (Å²) in [7, 11) is 0. The molecule has 0 bridgehead atoms. The number of nitrogens with one attached hydrogen (secondary N) is 2. The minimum absolute atomic E-state index is 0.170. The predicted molar refractivity (Wildman–Crippen MR) is 111 cm³/mol. The van der Waals surface area contributed by atoms with Gasteiger partial charge in [-0.05, 0) is 54.4 Å². The van der Waals surface area contributed by atoms with E-state index in [1.807, 2.05) is 0 Å². The monoisotopic (exact) mass is 444 g/mol. The molecule has 0 saturated carbocycles. The Hall–Kier alpha value is -3.68. The van der Waals surface area contributed by atoms with Gasteiger partial charge in [-0.15, -0.1) is 0 Å². The zero-order chi connectivity index (χ0) is 23.3. The standard InChI is InChI=1S/C24H20F4N2O2/c1-15(29-23(32)17-10-12-20(25)13-11-17)22(31)30-21(16-6-3-2-4-7-16)18-8-5-9-19(14-18)24(26,27)28/h2-15,21H,1H3,(H,29,32)(H,30,31)/t15?,21-/m0/s1. The van der Waals surface area contributed by atoms with Crippen molar-refractivity contribution in [1.29, 1.82) is 0 Å². The Bertz CT molecular complexity index is 1080. The Morgan fingerprint density at radius 3 is 2.06 bits per heavy atom. The lowest BCUT2D eigenvalue weighted by Gasteiger charge is -2.23. The van der Waals surface area contributed by atoms with Crippen molar-refractivity contribution in [3.63, 3.8) is 0 Å². The summed E-state index contributed by atoms with van der Waals surface area (Å²) >= 11 is 0. The second kappa shape index (κ2) is 9.64. The number of carbonyl (C=O) groups excluding carboxylic acids is 2. The van der Waals surface area contributed by atoms with Gasteiger partial charge in [0.2, 0.25) is 5.91 Å². The first-order valence-electron chi connectivity index (χ1n) is 9.74. The van der Waals surface area contributed by atoms with Crippen molar-refractivity contribution in [3.05, 3.63) is 107 Å². The molecular weight excluding hydrogens is 424 g/mol. The fourth-order valence-electron chi connectivity index (χ4n) is 3.11. The minimum Gasteiger partial charge on any atom is -0.343 e. The maximum Gasteiger partial charge on any atom is 0.416 e. The molecular formula is C24H20F4N2O2. The molecule has 0 fully saturated rings. The van der Waals surface area contributed by atoms with Crippen molar-refractivity contribution in [2.24, 2.45) is 0 Å². The van der Waals surface area contributed by atoms with Crippen molar-refractivity contribution >= 4 is 11.8 Å². The number of amides is 2. The van der Waals surface area contributed by atoms with Gasteiger partial charge in [0.05, 0.1) is 11.6 Å². The van der Waals surface area contributed by atoms with Crippen LogP contribution in [0.4, 0.5) is 17.6 Å². The van der Waals surface area contributed by atoms with Crippen molar-refractivity contribution in [3.8, 4) is 0 Å². The molecule has 2 amide bonds. The largest absolute Gasteiger partial charge is 0.416 e. The third-order valence-corrected chi connectivity index (χ3v) is 4.81. The number of hydrogen-bond donors (Lipinski definition) is 2. The van der Waals surface area contributed by atoms with E-state index >= 15 is 0 Å². The van der Waals surface area contributed by atoms with Crippen LogP contribution in [0.3, 0.4) is 0 Å². The molecule has 4 nitrogen and oxygen atoms in total. The highest BCUT2D eigenvalue weighted by molar-refractivity contribution is 5.97. The summed E-state index contributed by atoms with van der Waals surface area (Å²) in [4.78, 5) is 25.1. The van der Waals surface area contributed by atoms with Gasteiger partial charge < -0.3 is 10.6 Å². The Morgan fingerprint density at radius 1 is 0.812 bits per heavy atom. The van der Waals surface area contributed by atoms with E-state index in [4.69, 9.17) is 0 Å². The first-order valence-corrected chi connectivity index (χ1v) is 9.74. The molecule has 0 saturated heterocycles. The Kier molecular flexibility index (Phi) is 6.92. The van der Waals surface area contributed by atoms with Gasteiger partial charge in [-0.1, -0.05) is 42.5 Å². The quantitative estimate of drug-likeness (QED) is 0.533. The van der Waals surface area contributed by atoms with Crippen molar-refractivity contribution in [1.82, 2.24) is 10.6 Å². The highest BCUT2D eigenvalue weighted by atomic mass is 19.4. The van der Waals surface area contributed by atoms with Gasteiger partial charge in [-0.2, -0.15) is 13.2 Å². The molecule has 0 aromatic heterocycles. The van der Waals surface area contributed by atoms with Crippen molar-refractivity contribution in [2.75, 3.05) is 0 Å².